The average Bonchev–Trinajstić information content (AvgIpc) is 3.09. The molecule has 9 nitrogen and oxygen atoms in total. The third-order valence-corrected chi connectivity index (χ3v) is 4.57. The van der Waals surface area contributed by atoms with Crippen LogP contribution in [-0.2, 0) is 19.1 Å². The number of ether oxygens (including phenoxy) is 3. The standard InChI is InChI=1S/C22H22N2O7/c1-29-21(27)14-6-8-16(9-7-14)31-17-5-3-4-15(12-17)23-19-18(22(28)30-2)13-24(10-11-25)20(19)26/h3-9,12,23,25H,10-11,13H2,1-2H3. The zero-order valence-electron chi connectivity index (χ0n) is 17.1. The summed E-state index contributed by atoms with van der Waals surface area (Å²) in [5.41, 5.74) is 1.21. The molecular formula is C22H22N2O7. The zero-order valence-corrected chi connectivity index (χ0v) is 17.1. The Morgan fingerprint density at radius 1 is 1.03 bits per heavy atom. The molecule has 0 aliphatic carbocycles. The smallest absolute Gasteiger partial charge is 0.337 e. The van der Waals surface area contributed by atoms with Crippen LogP contribution in [0.4, 0.5) is 5.69 Å². The van der Waals surface area contributed by atoms with E-state index in [-0.39, 0.29) is 31.0 Å². The summed E-state index contributed by atoms with van der Waals surface area (Å²) in [6.45, 7) is -0.0576. The molecule has 0 bridgehead atoms. The molecule has 0 radical (unpaired) electrons. The predicted molar refractivity (Wildman–Crippen MR) is 111 cm³/mol. The van der Waals surface area contributed by atoms with Gasteiger partial charge in [-0.2, -0.15) is 0 Å². The van der Waals surface area contributed by atoms with Crippen molar-refractivity contribution in [3.05, 3.63) is 65.4 Å². The molecule has 0 spiro atoms. The summed E-state index contributed by atoms with van der Waals surface area (Å²) < 4.78 is 15.3. The molecule has 2 aromatic carbocycles. The van der Waals surface area contributed by atoms with Gasteiger partial charge in [0.25, 0.3) is 5.91 Å². The lowest BCUT2D eigenvalue weighted by atomic mass is 10.2. The van der Waals surface area contributed by atoms with Gasteiger partial charge >= 0.3 is 11.9 Å². The molecule has 0 aromatic heterocycles. The molecule has 2 aromatic rings. The first-order valence-corrected chi connectivity index (χ1v) is 9.41. The van der Waals surface area contributed by atoms with Crippen LogP contribution in [0, 0.1) is 0 Å². The number of amides is 1. The summed E-state index contributed by atoms with van der Waals surface area (Å²) in [6.07, 6.45) is 0. The number of aliphatic hydroxyl groups excluding tert-OH is 1. The quantitative estimate of drug-likeness (QED) is 0.616. The van der Waals surface area contributed by atoms with Crippen molar-refractivity contribution in [2.45, 2.75) is 0 Å². The largest absolute Gasteiger partial charge is 0.466 e. The second kappa shape index (κ2) is 9.77. The van der Waals surface area contributed by atoms with Crippen molar-refractivity contribution < 1.29 is 33.7 Å². The van der Waals surface area contributed by atoms with E-state index in [1.165, 1.54) is 19.1 Å². The Morgan fingerprint density at radius 3 is 2.39 bits per heavy atom. The van der Waals surface area contributed by atoms with E-state index >= 15 is 0 Å². The van der Waals surface area contributed by atoms with Gasteiger partial charge in [-0.05, 0) is 36.4 Å². The number of nitrogens with zero attached hydrogens (tertiary/aromatic N) is 1. The minimum atomic E-state index is -0.616. The molecule has 0 unspecified atom stereocenters. The van der Waals surface area contributed by atoms with Crippen LogP contribution in [0.25, 0.3) is 0 Å². The van der Waals surface area contributed by atoms with E-state index in [0.717, 1.165) is 0 Å². The maximum absolute atomic E-state index is 12.6. The molecule has 1 aliphatic rings. The van der Waals surface area contributed by atoms with Crippen molar-refractivity contribution in [1.82, 2.24) is 4.90 Å². The molecule has 0 fully saturated rings. The van der Waals surface area contributed by atoms with Gasteiger partial charge in [0.05, 0.1) is 38.5 Å². The number of anilines is 1. The molecule has 1 heterocycles. The molecule has 0 atom stereocenters. The number of hydrogen-bond donors (Lipinski definition) is 2. The van der Waals surface area contributed by atoms with E-state index in [4.69, 9.17) is 14.6 Å². The monoisotopic (exact) mass is 426 g/mol. The van der Waals surface area contributed by atoms with Gasteiger partial charge in [0.1, 0.15) is 17.2 Å². The van der Waals surface area contributed by atoms with Gasteiger partial charge in [-0.3, -0.25) is 4.79 Å². The molecule has 1 aliphatic heterocycles. The Morgan fingerprint density at radius 2 is 1.74 bits per heavy atom. The number of methoxy groups -OCH3 is 2. The summed E-state index contributed by atoms with van der Waals surface area (Å²) in [4.78, 5) is 37.6. The van der Waals surface area contributed by atoms with Crippen molar-refractivity contribution in [2.24, 2.45) is 0 Å². The summed E-state index contributed by atoms with van der Waals surface area (Å²) in [7, 11) is 2.55. The first-order valence-electron chi connectivity index (χ1n) is 9.41. The van der Waals surface area contributed by atoms with E-state index in [9.17, 15) is 14.4 Å². The number of esters is 2. The normalized spacial score (nSPS) is 13.3. The van der Waals surface area contributed by atoms with Crippen molar-refractivity contribution in [3.63, 3.8) is 0 Å². The Labute approximate surface area is 178 Å². The van der Waals surface area contributed by atoms with Crippen molar-refractivity contribution in [3.8, 4) is 11.5 Å². The van der Waals surface area contributed by atoms with Crippen molar-refractivity contribution in [1.29, 1.82) is 0 Å². The van der Waals surface area contributed by atoms with Crippen LogP contribution in [0.15, 0.2) is 59.8 Å². The molecule has 31 heavy (non-hydrogen) atoms. The van der Waals surface area contributed by atoms with Crippen molar-refractivity contribution in [2.75, 3.05) is 39.2 Å². The van der Waals surface area contributed by atoms with E-state index in [2.05, 4.69) is 10.1 Å². The number of rotatable bonds is 8. The molecule has 162 valence electrons. The lowest BCUT2D eigenvalue weighted by Gasteiger charge is -2.15. The average molecular weight is 426 g/mol. The maximum Gasteiger partial charge on any atom is 0.337 e. The fourth-order valence-electron chi connectivity index (χ4n) is 3.04. The molecule has 0 saturated heterocycles. The number of nitrogens with one attached hydrogen (secondary N) is 1. The van der Waals surface area contributed by atoms with Gasteiger partial charge in [0.2, 0.25) is 0 Å². The van der Waals surface area contributed by atoms with Gasteiger partial charge in [-0.25, -0.2) is 9.59 Å². The van der Waals surface area contributed by atoms with Crippen LogP contribution >= 0.6 is 0 Å². The van der Waals surface area contributed by atoms with E-state index in [0.29, 0.717) is 22.7 Å². The lowest BCUT2D eigenvalue weighted by molar-refractivity contribution is -0.136. The van der Waals surface area contributed by atoms with Crippen LogP contribution in [0.5, 0.6) is 11.5 Å². The summed E-state index contributed by atoms with van der Waals surface area (Å²) in [5, 5.41) is 12.1. The lowest BCUT2D eigenvalue weighted by Crippen LogP contribution is -2.31. The van der Waals surface area contributed by atoms with Crippen LogP contribution in [0.1, 0.15) is 10.4 Å². The van der Waals surface area contributed by atoms with Crippen LogP contribution in [0.2, 0.25) is 0 Å². The Kier molecular flexibility index (Phi) is 6.88. The number of aliphatic hydroxyl groups is 1. The first-order chi connectivity index (χ1) is 15.0. The number of β-amino-alcohol motifs (C(OH)–C–C–N with tert-alkyl or cyclic N) is 1. The third kappa shape index (κ3) is 5.01. The minimum absolute atomic E-state index is 0.0527. The van der Waals surface area contributed by atoms with Gasteiger partial charge in [0.15, 0.2) is 0 Å². The minimum Gasteiger partial charge on any atom is -0.466 e. The summed E-state index contributed by atoms with van der Waals surface area (Å²) >= 11 is 0. The highest BCUT2D eigenvalue weighted by Crippen LogP contribution is 2.27. The highest BCUT2D eigenvalue weighted by Gasteiger charge is 2.34. The number of benzene rings is 2. The second-order valence-corrected chi connectivity index (χ2v) is 6.57. The van der Waals surface area contributed by atoms with Crippen LogP contribution < -0.4 is 10.1 Å². The Balaban J connectivity index is 1.78. The first kappa shape index (κ1) is 21.8. The van der Waals surface area contributed by atoms with Gasteiger partial charge in [-0.1, -0.05) is 6.07 Å². The SMILES string of the molecule is COC(=O)C1=C(Nc2cccc(Oc3ccc(C(=O)OC)cc3)c2)C(=O)N(CCO)C1. The number of carbonyl (C=O) groups is 3. The van der Waals surface area contributed by atoms with Gasteiger partial charge in [0, 0.05) is 18.3 Å². The van der Waals surface area contributed by atoms with E-state index in [1.807, 2.05) is 0 Å². The fourth-order valence-corrected chi connectivity index (χ4v) is 3.04. The molecular weight excluding hydrogens is 404 g/mol. The summed E-state index contributed by atoms with van der Waals surface area (Å²) in [6, 6.07) is 13.3. The molecule has 9 heteroatoms. The Hall–Kier alpha value is -3.85. The number of carbonyl (C=O) groups excluding carboxylic acids is 3. The molecule has 2 N–H and O–H groups in total. The van der Waals surface area contributed by atoms with E-state index < -0.39 is 17.8 Å². The highest BCUT2D eigenvalue weighted by atomic mass is 16.5. The Bertz CT molecular complexity index is 1010. The molecule has 1 amide bonds. The van der Waals surface area contributed by atoms with Crippen molar-refractivity contribution >= 4 is 23.5 Å². The summed E-state index contributed by atoms with van der Waals surface area (Å²) in [5.74, 6) is -0.475. The maximum atomic E-state index is 12.6. The third-order valence-electron chi connectivity index (χ3n) is 4.57. The fraction of sp³-hybridized carbons (Fsp3) is 0.227. The second-order valence-electron chi connectivity index (χ2n) is 6.57. The topological polar surface area (TPSA) is 114 Å². The van der Waals surface area contributed by atoms with Crippen LogP contribution in [0.3, 0.4) is 0 Å². The molecule has 3 rings (SSSR count). The molecule has 0 saturated carbocycles. The van der Waals surface area contributed by atoms with Crippen LogP contribution in [-0.4, -0.2) is 61.8 Å². The highest BCUT2D eigenvalue weighted by molar-refractivity contribution is 6.08. The van der Waals surface area contributed by atoms with Gasteiger partial charge in [-0.15, -0.1) is 0 Å². The predicted octanol–water partition coefficient (Wildman–Crippen LogP) is 1.94. The number of hydrogen-bond acceptors (Lipinski definition) is 8. The van der Waals surface area contributed by atoms with E-state index in [1.54, 1.807) is 48.5 Å². The van der Waals surface area contributed by atoms with Gasteiger partial charge < -0.3 is 29.5 Å². The zero-order chi connectivity index (χ0) is 22.4.